The minimum absolute atomic E-state index is 0.141. The lowest BCUT2D eigenvalue weighted by Gasteiger charge is -2.21. The molecular weight excluding hydrogens is 298 g/mol. The van der Waals surface area contributed by atoms with Crippen LogP contribution in [0.15, 0.2) is 18.2 Å². The number of fused-ring (bicyclic) bond motifs is 3. The molecule has 1 fully saturated rings. The van der Waals surface area contributed by atoms with Gasteiger partial charge in [-0.1, -0.05) is 0 Å². The number of aromatic nitrogens is 1. The number of hydrogen-bond donors (Lipinski definition) is 1. The molecule has 1 aromatic heterocycles. The van der Waals surface area contributed by atoms with Gasteiger partial charge in [-0.25, -0.2) is 0 Å². The van der Waals surface area contributed by atoms with E-state index in [1.165, 1.54) is 60.9 Å². The molecule has 1 amide bonds. The van der Waals surface area contributed by atoms with Gasteiger partial charge in [0.2, 0.25) is 0 Å². The van der Waals surface area contributed by atoms with Crippen molar-refractivity contribution in [3.05, 3.63) is 35.0 Å². The van der Waals surface area contributed by atoms with Crippen LogP contribution >= 0.6 is 0 Å². The molecule has 128 valence electrons. The smallest absolute Gasteiger partial charge is 0.253 e. The number of aromatic amines is 1. The Hall–Kier alpha value is -1.81. The van der Waals surface area contributed by atoms with Gasteiger partial charge in [0.05, 0.1) is 0 Å². The first-order valence-corrected chi connectivity index (χ1v) is 9.33. The molecule has 2 heterocycles. The molecule has 1 saturated heterocycles. The monoisotopic (exact) mass is 325 g/mol. The van der Waals surface area contributed by atoms with Crippen LogP contribution in [0.5, 0.6) is 0 Å². The van der Waals surface area contributed by atoms with Crippen molar-refractivity contribution in [2.24, 2.45) is 0 Å². The van der Waals surface area contributed by atoms with Gasteiger partial charge in [-0.2, -0.15) is 0 Å². The number of aryl methyl sites for hydroxylation is 2. The topological polar surface area (TPSA) is 39.3 Å². The zero-order valence-corrected chi connectivity index (χ0v) is 14.6. The molecule has 1 N–H and O–H groups in total. The lowest BCUT2D eigenvalue weighted by molar-refractivity contribution is 0.0782. The van der Waals surface area contributed by atoms with E-state index in [1.807, 2.05) is 18.0 Å². The van der Waals surface area contributed by atoms with Gasteiger partial charge in [-0.15, -0.1) is 0 Å². The summed E-state index contributed by atoms with van der Waals surface area (Å²) in [5.41, 5.74) is 4.81. The predicted octanol–water partition coefficient (Wildman–Crippen LogP) is 3.21. The Kier molecular flexibility index (Phi) is 4.31. The molecule has 2 aliphatic rings. The van der Waals surface area contributed by atoms with E-state index in [4.69, 9.17) is 0 Å². The van der Waals surface area contributed by atoms with Crippen molar-refractivity contribution in [2.45, 2.75) is 38.5 Å². The summed E-state index contributed by atoms with van der Waals surface area (Å²) in [5, 5.41) is 1.25. The first kappa shape index (κ1) is 15.7. The number of likely N-dealkylation sites (tertiary alicyclic amines) is 1. The Labute approximate surface area is 143 Å². The van der Waals surface area contributed by atoms with E-state index < -0.39 is 0 Å². The Bertz CT molecular complexity index is 743. The normalized spacial score (nSPS) is 18.0. The van der Waals surface area contributed by atoms with Crippen LogP contribution in [-0.2, 0) is 12.8 Å². The van der Waals surface area contributed by atoms with Gasteiger partial charge in [0.1, 0.15) is 0 Å². The van der Waals surface area contributed by atoms with Crippen LogP contribution in [-0.4, -0.2) is 53.9 Å². The van der Waals surface area contributed by atoms with Gasteiger partial charge in [0, 0.05) is 42.3 Å². The average Bonchev–Trinajstić information content (AvgIpc) is 3.25. The van der Waals surface area contributed by atoms with Gasteiger partial charge in [0.15, 0.2) is 0 Å². The van der Waals surface area contributed by atoms with Crippen LogP contribution in [0.1, 0.15) is 47.3 Å². The maximum absolute atomic E-state index is 12.8. The molecule has 0 atom stereocenters. The van der Waals surface area contributed by atoms with Gasteiger partial charge in [-0.3, -0.25) is 4.79 Å². The third-order valence-electron chi connectivity index (χ3n) is 5.64. The van der Waals surface area contributed by atoms with E-state index in [2.05, 4.69) is 22.0 Å². The van der Waals surface area contributed by atoms with Crippen molar-refractivity contribution in [1.29, 1.82) is 0 Å². The maximum atomic E-state index is 12.8. The summed E-state index contributed by atoms with van der Waals surface area (Å²) >= 11 is 0. The zero-order chi connectivity index (χ0) is 16.5. The number of H-pyrrole nitrogens is 1. The summed E-state index contributed by atoms with van der Waals surface area (Å²) in [6.07, 6.45) is 7.40. The standard InChI is InChI=1S/C20H27N3O/c1-22(12-13-23-10-4-5-11-23)20(24)15-8-9-19-17(14-15)16-6-2-3-7-18(16)21-19/h8-9,14,21H,2-7,10-13H2,1H3. The first-order chi connectivity index (χ1) is 11.7. The van der Waals surface area contributed by atoms with E-state index in [0.717, 1.165) is 31.5 Å². The number of hydrogen-bond acceptors (Lipinski definition) is 2. The lowest BCUT2D eigenvalue weighted by atomic mass is 9.95. The zero-order valence-electron chi connectivity index (χ0n) is 14.6. The van der Waals surface area contributed by atoms with E-state index in [9.17, 15) is 4.79 Å². The van der Waals surface area contributed by atoms with Crippen LogP contribution in [0, 0.1) is 0 Å². The summed E-state index contributed by atoms with van der Waals surface area (Å²) in [6.45, 7) is 4.17. The first-order valence-electron chi connectivity index (χ1n) is 9.33. The van der Waals surface area contributed by atoms with Gasteiger partial charge in [-0.05, 0) is 75.4 Å². The van der Waals surface area contributed by atoms with Crippen molar-refractivity contribution in [3.63, 3.8) is 0 Å². The molecule has 0 bridgehead atoms. The van der Waals surface area contributed by atoms with Crippen molar-refractivity contribution < 1.29 is 4.79 Å². The molecule has 24 heavy (non-hydrogen) atoms. The minimum atomic E-state index is 0.141. The highest BCUT2D eigenvalue weighted by Gasteiger charge is 2.19. The Morgan fingerprint density at radius 2 is 1.96 bits per heavy atom. The summed E-state index contributed by atoms with van der Waals surface area (Å²) in [5.74, 6) is 0.141. The second-order valence-electron chi connectivity index (χ2n) is 7.33. The van der Waals surface area contributed by atoms with Crippen molar-refractivity contribution >= 4 is 16.8 Å². The molecule has 4 heteroatoms. The highest BCUT2D eigenvalue weighted by molar-refractivity contribution is 5.99. The Morgan fingerprint density at radius 1 is 1.17 bits per heavy atom. The quantitative estimate of drug-likeness (QED) is 0.937. The van der Waals surface area contributed by atoms with Gasteiger partial charge in [0.25, 0.3) is 5.91 Å². The summed E-state index contributed by atoms with van der Waals surface area (Å²) in [6, 6.07) is 6.15. The second kappa shape index (κ2) is 6.60. The van der Waals surface area contributed by atoms with Crippen molar-refractivity contribution in [2.75, 3.05) is 33.2 Å². The summed E-state index contributed by atoms with van der Waals surface area (Å²) < 4.78 is 0. The molecular formula is C20H27N3O. The van der Waals surface area contributed by atoms with E-state index in [1.54, 1.807) is 0 Å². The molecule has 1 aromatic carbocycles. The van der Waals surface area contributed by atoms with Crippen LogP contribution in [0.25, 0.3) is 10.9 Å². The van der Waals surface area contributed by atoms with Gasteiger partial charge < -0.3 is 14.8 Å². The average molecular weight is 325 g/mol. The molecule has 0 spiro atoms. The highest BCUT2D eigenvalue weighted by atomic mass is 16.2. The Balaban J connectivity index is 1.51. The van der Waals surface area contributed by atoms with Crippen LogP contribution < -0.4 is 0 Å². The maximum Gasteiger partial charge on any atom is 0.253 e. The molecule has 0 saturated carbocycles. The number of nitrogens with zero attached hydrogens (tertiary/aromatic N) is 2. The number of carbonyl (C=O) groups excluding carboxylic acids is 1. The van der Waals surface area contributed by atoms with E-state index in [-0.39, 0.29) is 5.91 Å². The van der Waals surface area contributed by atoms with E-state index in [0.29, 0.717) is 0 Å². The van der Waals surface area contributed by atoms with Crippen LogP contribution in [0.3, 0.4) is 0 Å². The van der Waals surface area contributed by atoms with Crippen molar-refractivity contribution in [1.82, 2.24) is 14.8 Å². The lowest BCUT2D eigenvalue weighted by Crippen LogP contribution is -2.35. The summed E-state index contributed by atoms with van der Waals surface area (Å²) in [7, 11) is 1.93. The fourth-order valence-electron chi connectivity index (χ4n) is 4.16. The minimum Gasteiger partial charge on any atom is -0.358 e. The van der Waals surface area contributed by atoms with Crippen LogP contribution in [0.2, 0.25) is 0 Å². The molecule has 0 unspecified atom stereocenters. The van der Waals surface area contributed by atoms with Crippen molar-refractivity contribution in [3.8, 4) is 0 Å². The third kappa shape index (κ3) is 2.95. The molecule has 0 radical (unpaired) electrons. The number of amides is 1. The number of carbonyl (C=O) groups is 1. The molecule has 1 aliphatic heterocycles. The fraction of sp³-hybridized carbons (Fsp3) is 0.550. The SMILES string of the molecule is CN(CCN1CCCC1)C(=O)c1ccc2[nH]c3c(c2c1)CCCC3. The number of likely N-dealkylation sites (N-methyl/N-ethyl adjacent to an activating group) is 1. The number of benzene rings is 1. The van der Waals surface area contributed by atoms with Crippen LogP contribution in [0.4, 0.5) is 0 Å². The third-order valence-corrected chi connectivity index (χ3v) is 5.64. The number of nitrogens with one attached hydrogen (secondary N) is 1. The van der Waals surface area contributed by atoms with Gasteiger partial charge >= 0.3 is 0 Å². The molecule has 1 aliphatic carbocycles. The number of rotatable bonds is 4. The molecule has 4 rings (SSSR count). The summed E-state index contributed by atoms with van der Waals surface area (Å²) in [4.78, 5) is 20.6. The molecule has 2 aromatic rings. The highest BCUT2D eigenvalue weighted by Crippen LogP contribution is 2.29. The molecule has 4 nitrogen and oxygen atoms in total. The van der Waals surface area contributed by atoms with E-state index >= 15 is 0 Å². The predicted molar refractivity (Wildman–Crippen MR) is 97.6 cm³/mol. The largest absolute Gasteiger partial charge is 0.358 e. The second-order valence-corrected chi connectivity index (χ2v) is 7.33. The Morgan fingerprint density at radius 3 is 2.79 bits per heavy atom. The fourth-order valence-corrected chi connectivity index (χ4v) is 4.16.